The molecule has 3 aromatic rings. The van der Waals surface area contributed by atoms with Crippen molar-refractivity contribution in [3.05, 3.63) is 86.0 Å². The molecule has 0 N–H and O–H groups in total. The van der Waals surface area contributed by atoms with Crippen molar-refractivity contribution in [1.29, 1.82) is 0 Å². The molecule has 200 valence electrons. The maximum absolute atomic E-state index is 13.9. The monoisotopic (exact) mass is 556 g/mol. The highest BCUT2D eigenvalue weighted by molar-refractivity contribution is 6.37. The van der Waals surface area contributed by atoms with Crippen LogP contribution in [0, 0.1) is 12.8 Å². The largest absolute Gasteiger partial charge is 0.496 e. The number of fused-ring (bicyclic) bond motifs is 1. The Hall–Kier alpha value is -2.84. The molecule has 2 aliphatic rings. The highest BCUT2D eigenvalue weighted by Crippen LogP contribution is 2.42. The van der Waals surface area contributed by atoms with Crippen molar-refractivity contribution in [2.24, 2.45) is 5.92 Å². The molecule has 0 bridgehead atoms. The summed E-state index contributed by atoms with van der Waals surface area (Å²) in [4.78, 5) is 20.3. The first-order chi connectivity index (χ1) is 18.4. The van der Waals surface area contributed by atoms with E-state index in [2.05, 4.69) is 4.98 Å². The van der Waals surface area contributed by atoms with E-state index in [0.717, 1.165) is 16.8 Å². The summed E-state index contributed by atoms with van der Waals surface area (Å²) in [6, 6.07) is 13.5. The number of hydrogen-bond donors (Lipinski definition) is 0. The van der Waals surface area contributed by atoms with E-state index < -0.39 is 0 Å². The number of aromatic nitrogens is 1. The van der Waals surface area contributed by atoms with Crippen molar-refractivity contribution < 1.29 is 23.7 Å². The van der Waals surface area contributed by atoms with Crippen molar-refractivity contribution in [2.45, 2.75) is 32.6 Å². The van der Waals surface area contributed by atoms with Gasteiger partial charge >= 0.3 is 0 Å². The average molecular weight is 557 g/mol. The highest BCUT2D eigenvalue weighted by Gasteiger charge is 2.36. The normalized spacial score (nSPS) is 16.1. The Morgan fingerprint density at radius 3 is 2.58 bits per heavy atom. The Morgan fingerprint density at radius 1 is 1.16 bits per heavy atom. The van der Waals surface area contributed by atoms with Crippen molar-refractivity contribution >= 4 is 29.1 Å². The second-order valence-electron chi connectivity index (χ2n) is 9.57. The van der Waals surface area contributed by atoms with Gasteiger partial charge in [0, 0.05) is 41.9 Å². The number of ether oxygens (including phenoxy) is 4. The fourth-order valence-corrected chi connectivity index (χ4v) is 5.69. The van der Waals surface area contributed by atoms with Gasteiger partial charge in [0.2, 0.25) is 5.88 Å². The lowest BCUT2D eigenvalue weighted by Crippen LogP contribution is -2.38. The van der Waals surface area contributed by atoms with Gasteiger partial charge in [0.1, 0.15) is 12.4 Å². The number of rotatable bonds is 9. The number of halogens is 2. The van der Waals surface area contributed by atoms with Crippen LogP contribution in [-0.2, 0) is 29.0 Å². The molecule has 2 aliphatic heterocycles. The SMILES string of the molecule is COc1cc(C)nc(OCc2ccccc2)c1CN1CCc2c(Cl)cc(C(OC)C3COC3)c(Cl)c2C1=O. The molecule has 0 radical (unpaired) electrons. The van der Waals surface area contributed by atoms with Crippen LogP contribution in [0.25, 0.3) is 0 Å². The first kappa shape index (κ1) is 26.8. The quantitative estimate of drug-likeness (QED) is 0.331. The number of pyridine rings is 1. The van der Waals surface area contributed by atoms with Crippen LogP contribution in [0.5, 0.6) is 11.6 Å². The van der Waals surface area contributed by atoms with Gasteiger partial charge in [-0.3, -0.25) is 4.79 Å². The number of aryl methyl sites for hydroxylation is 1. The predicted molar refractivity (Wildman–Crippen MR) is 145 cm³/mol. The molecule has 1 fully saturated rings. The van der Waals surface area contributed by atoms with Crippen LogP contribution in [0.3, 0.4) is 0 Å². The zero-order chi connectivity index (χ0) is 26.8. The van der Waals surface area contributed by atoms with Gasteiger partial charge in [-0.25, -0.2) is 4.98 Å². The minimum Gasteiger partial charge on any atom is -0.496 e. The number of nitrogens with zero attached hydrogens (tertiary/aromatic N) is 2. The number of benzene rings is 2. The molecular weight excluding hydrogens is 527 g/mol. The second kappa shape index (κ2) is 11.5. The second-order valence-corrected chi connectivity index (χ2v) is 10.4. The Morgan fingerprint density at radius 2 is 1.92 bits per heavy atom. The summed E-state index contributed by atoms with van der Waals surface area (Å²) < 4.78 is 22.9. The summed E-state index contributed by atoms with van der Waals surface area (Å²) in [5.41, 5.74) is 4.37. The molecule has 7 nitrogen and oxygen atoms in total. The molecule has 1 aromatic heterocycles. The molecule has 0 spiro atoms. The molecule has 9 heteroatoms. The van der Waals surface area contributed by atoms with E-state index in [1.165, 1.54) is 0 Å². The first-order valence-corrected chi connectivity index (χ1v) is 13.3. The van der Waals surface area contributed by atoms with E-state index in [1.807, 2.05) is 49.4 Å². The van der Waals surface area contributed by atoms with E-state index in [4.69, 9.17) is 42.1 Å². The fourth-order valence-electron chi connectivity index (χ4n) is 5.02. The Balaban J connectivity index is 1.46. The van der Waals surface area contributed by atoms with Gasteiger partial charge in [-0.15, -0.1) is 0 Å². The molecule has 1 amide bonds. The summed E-state index contributed by atoms with van der Waals surface area (Å²) >= 11 is 13.6. The Bertz CT molecular complexity index is 1330. The number of amides is 1. The zero-order valence-corrected chi connectivity index (χ0v) is 23.1. The molecule has 5 rings (SSSR count). The smallest absolute Gasteiger partial charge is 0.256 e. The van der Waals surface area contributed by atoms with E-state index >= 15 is 0 Å². The first-order valence-electron chi connectivity index (χ1n) is 12.5. The Labute approximate surface area is 232 Å². The van der Waals surface area contributed by atoms with Crippen LogP contribution in [0.1, 0.15) is 44.4 Å². The molecular formula is C29H30Cl2N2O5. The van der Waals surface area contributed by atoms with Crippen molar-refractivity contribution in [1.82, 2.24) is 9.88 Å². The average Bonchev–Trinajstić information content (AvgIpc) is 2.89. The van der Waals surface area contributed by atoms with Crippen molar-refractivity contribution in [3.8, 4) is 11.6 Å². The molecule has 1 atom stereocenters. The van der Waals surface area contributed by atoms with Gasteiger partial charge in [-0.1, -0.05) is 53.5 Å². The summed E-state index contributed by atoms with van der Waals surface area (Å²) in [5.74, 6) is 1.01. The molecule has 0 aliphatic carbocycles. The van der Waals surface area contributed by atoms with E-state index in [1.54, 1.807) is 19.1 Å². The van der Waals surface area contributed by atoms with Gasteiger partial charge in [0.25, 0.3) is 5.91 Å². The lowest BCUT2D eigenvalue weighted by atomic mass is 9.89. The topological polar surface area (TPSA) is 70.1 Å². The number of carbonyl (C=O) groups excluding carboxylic acids is 1. The number of carbonyl (C=O) groups is 1. The predicted octanol–water partition coefficient (Wildman–Crippen LogP) is 5.82. The minimum atomic E-state index is -0.304. The summed E-state index contributed by atoms with van der Waals surface area (Å²) in [6.45, 7) is 4.11. The summed E-state index contributed by atoms with van der Waals surface area (Å²) in [7, 11) is 3.24. The standard InChI is InChI=1S/C29H30Cl2N2O5/c1-17-11-24(35-2)22(28(32-17)38-14-18-7-5-4-6-8-18)13-33-10-9-20-23(30)12-21(26(31)25(20)29(33)34)27(36-3)19-15-37-16-19/h4-8,11-12,19,27H,9-10,13-16H2,1-3H3. The molecule has 1 saturated heterocycles. The number of methoxy groups -OCH3 is 2. The molecule has 0 saturated carbocycles. The maximum Gasteiger partial charge on any atom is 0.256 e. The third-order valence-corrected chi connectivity index (χ3v) is 7.84. The van der Waals surface area contributed by atoms with E-state index in [-0.39, 0.29) is 24.5 Å². The lowest BCUT2D eigenvalue weighted by Gasteiger charge is -2.35. The van der Waals surface area contributed by atoms with Crippen LogP contribution in [0.4, 0.5) is 0 Å². The van der Waals surface area contributed by atoms with Gasteiger partial charge in [0.15, 0.2) is 0 Å². The van der Waals surface area contributed by atoms with Crippen LogP contribution < -0.4 is 9.47 Å². The molecule has 2 aromatic carbocycles. The van der Waals surface area contributed by atoms with Crippen LogP contribution in [0.15, 0.2) is 42.5 Å². The maximum atomic E-state index is 13.9. The number of hydrogen-bond acceptors (Lipinski definition) is 6. The van der Waals surface area contributed by atoms with Gasteiger partial charge in [0.05, 0.1) is 49.1 Å². The van der Waals surface area contributed by atoms with Gasteiger partial charge in [-0.05, 0) is 30.5 Å². The van der Waals surface area contributed by atoms with Gasteiger partial charge < -0.3 is 23.8 Å². The van der Waals surface area contributed by atoms with Gasteiger partial charge in [-0.2, -0.15) is 0 Å². The summed E-state index contributed by atoms with van der Waals surface area (Å²) in [5, 5.41) is 0.906. The van der Waals surface area contributed by atoms with Crippen LogP contribution in [0.2, 0.25) is 10.0 Å². The molecule has 1 unspecified atom stereocenters. The van der Waals surface area contributed by atoms with Crippen molar-refractivity contribution in [3.63, 3.8) is 0 Å². The molecule has 38 heavy (non-hydrogen) atoms. The van der Waals surface area contributed by atoms with Crippen LogP contribution in [-0.4, -0.2) is 49.8 Å². The van der Waals surface area contributed by atoms with E-state index in [9.17, 15) is 4.79 Å². The third kappa shape index (κ3) is 5.21. The van der Waals surface area contributed by atoms with Crippen molar-refractivity contribution in [2.75, 3.05) is 34.0 Å². The fraction of sp³-hybridized carbons (Fsp3) is 0.379. The lowest BCUT2D eigenvalue weighted by molar-refractivity contribution is -0.105. The third-order valence-electron chi connectivity index (χ3n) is 7.09. The highest BCUT2D eigenvalue weighted by atomic mass is 35.5. The summed E-state index contributed by atoms with van der Waals surface area (Å²) in [6.07, 6.45) is 0.271. The zero-order valence-electron chi connectivity index (χ0n) is 21.6. The van der Waals surface area contributed by atoms with E-state index in [0.29, 0.717) is 71.2 Å². The minimum absolute atomic E-state index is 0.161. The Kier molecular flexibility index (Phi) is 8.09. The van der Waals surface area contributed by atoms with Crippen LogP contribution >= 0.6 is 23.2 Å². The molecule has 3 heterocycles.